The summed E-state index contributed by atoms with van der Waals surface area (Å²) in [6.07, 6.45) is 1.36. The van der Waals surface area contributed by atoms with Crippen LogP contribution in [0.3, 0.4) is 0 Å². The molecular formula is C17H21FN4O2. The minimum absolute atomic E-state index is 0.188. The highest BCUT2D eigenvalue weighted by atomic mass is 19.1. The van der Waals surface area contributed by atoms with Crippen LogP contribution < -0.4 is 10.2 Å². The predicted octanol–water partition coefficient (Wildman–Crippen LogP) is 2.25. The molecule has 1 aliphatic heterocycles. The molecule has 0 spiro atoms. The number of hydrogen-bond acceptors (Lipinski definition) is 6. The molecule has 1 fully saturated rings. The van der Waals surface area contributed by atoms with Crippen LogP contribution in [0, 0.1) is 5.82 Å². The van der Waals surface area contributed by atoms with Crippen LogP contribution >= 0.6 is 0 Å². The van der Waals surface area contributed by atoms with E-state index in [0.29, 0.717) is 19.8 Å². The van der Waals surface area contributed by atoms with Crippen LogP contribution in [-0.2, 0) is 9.47 Å². The van der Waals surface area contributed by atoms with E-state index in [2.05, 4.69) is 20.2 Å². The summed E-state index contributed by atoms with van der Waals surface area (Å²) in [6.45, 7) is 3.60. The summed E-state index contributed by atoms with van der Waals surface area (Å²) in [5.74, 6) is 1.36. The van der Waals surface area contributed by atoms with Crippen molar-refractivity contribution < 1.29 is 13.9 Å². The summed E-state index contributed by atoms with van der Waals surface area (Å²) in [4.78, 5) is 10.7. The highest BCUT2D eigenvalue weighted by Gasteiger charge is 2.14. The summed E-state index contributed by atoms with van der Waals surface area (Å²) >= 11 is 0. The highest BCUT2D eigenvalue weighted by Crippen LogP contribution is 2.19. The number of ether oxygens (including phenoxy) is 2. The van der Waals surface area contributed by atoms with Crippen molar-refractivity contribution in [2.24, 2.45) is 0 Å². The summed E-state index contributed by atoms with van der Waals surface area (Å²) in [5.41, 5.74) is 0.911. The number of nitrogens with zero attached hydrogens (tertiary/aromatic N) is 3. The van der Waals surface area contributed by atoms with Crippen molar-refractivity contribution in [3.05, 3.63) is 48.0 Å². The molecule has 0 saturated carbocycles. The Kier molecular flexibility index (Phi) is 5.55. The maximum Gasteiger partial charge on any atom is 0.134 e. The minimum Gasteiger partial charge on any atom is -0.378 e. The van der Waals surface area contributed by atoms with Crippen molar-refractivity contribution >= 4 is 11.6 Å². The standard InChI is InChI=1S/C17H21FN4O2/c1-23-15(13-2-4-14(18)5-3-13)11-19-16-10-17(21-12-20-16)22-6-8-24-9-7-22/h2-5,10,12,15H,6-9,11H2,1H3,(H,19,20,21)/t15-/m1/s1. The van der Waals surface area contributed by atoms with Crippen LogP contribution in [0.15, 0.2) is 36.7 Å². The van der Waals surface area contributed by atoms with E-state index in [1.807, 2.05) is 6.07 Å². The molecule has 3 rings (SSSR count). The monoisotopic (exact) mass is 332 g/mol. The topological polar surface area (TPSA) is 59.5 Å². The average Bonchev–Trinajstić information content (AvgIpc) is 2.64. The zero-order valence-electron chi connectivity index (χ0n) is 13.6. The number of hydrogen-bond donors (Lipinski definition) is 1. The van der Waals surface area contributed by atoms with Crippen LogP contribution in [0.25, 0.3) is 0 Å². The van der Waals surface area contributed by atoms with E-state index in [1.165, 1.54) is 12.1 Å². The molecule has 0 radical (unpaired) electrons. The Labute approximate surface area is 140 Å². The maximum atomic E-state index is 13.0. The van der Waals surface area contributed by atoms with E-state index in [4.69, 9.17) is 9.47 Å². The Hall–Kier alpha value is -2.25. The molecule has 2 aromatic rings. The molecule has 0 aliphatic carbocycles. The first kappa shape index (κ1) is 16.6. The van der Waals surface area contributed by atoms with Gasteiger partial charge in [-0.1, -0.05) is 12.1 Å². The Balaban J connectivity index is 1.63. The first-order valence-corrected chi connectivity index (χ1v) is 7.93. The molecule has 1 aromatic carbocycles. The number of nitrogens with one attached hydrogen (secondary N) is 1. The molecule has 1 aliphatic rings. The first-order chi connectivity index (χ1) is 11.8. The van der Waals surface area contributed by atoms with Gasteiger partial charge in [0.15, 0.2) is 0 Å². The molecule has 6 nitrogen and oxygen atoms in total. The van der Waals surface area contributed by atoms with Gasteiger partial charge in [-0.05, 0) is 17.7 Å². The van der Waals surface area contributed by atoms with E-state index in [0.717, 1.165) is 30.3 Å². The van der Waals surface area contributed by atoms with Crippen LogP contribution in [0.4, 0.5) is 16.0 Å². The van der Waals surface area contributed by atoms with Gasteiger partial charge in [0.25, 0.3) is 0 Å². The quantitative estimate of drug-likeness (QED) is 0.875. The normalized spacial score (nSPS) is 16.0. The summed E-state index contributed by atoms with van der Waals surface area (Å²) in [5, 5.41) is 3.26. The van der Waals surface area contributed by atoms with Gasteiger partial charge in [0.05, 0.1) is 19.3 Å². The lowest BCUT2D eigenvalue weighted by atomic mass is 10.1. The fourth-order valence-corrected chi connectivity index (χ4v) is 2.62. The Bertz CT molecular complexity index is 647. The van der Waals surface area contributed by atoms with E-state index in [1.54, 1.807) is 25.6 Å². The van der Waals surface area contributed by atoms with Crippen molar-refractivity contribution in [3.8, 4) is 0 Å². The van der Waals surface area contributed by atoms with Gasteiger partial charge in [0, 0.05) is 32.8 Å². The summed E-state index contributed by atoms with van der Waals surface area (Å²) in [6, 6.07) is 8.24. The molecule has 0 unspecified atom stereocenters. The number of aromatic nitrogens is 2. The fraction of sp³-hybridized carbons (Fsp3) is 0.412. The lowest BCUT2D eigenvalue weighted by Crippen LogP contribution is -2.36. The number of morpholine rings is 1. The van der Waals surface area contributed by atoms with Crippen molar-refractivity contribution in [1.29, 1.82) is 0 Å². The number of methoxy groups -OCH3 is 1. The summed E-state index contributed by atoms with van der Waals surface area (Å²) in [7, 11) is 1.63. The van der Waals surface area contributed by atoms with Gasteiger partial charge in [-0.3, -0.25) is 0 Å². The first-order valence-electron chi connectivity index (χ1n) is 7.93. The largest absolute Gasteiger partial charge is 0.378 e. The van der Waals surface area contributed by atoms with Crippen molar-refractivity contribution in [2.75, 3.05) is 50.2 Å². The van der Waals surface area contributed by atoms with E-state index in [-0.39, 0.29) is 11.9 Å². The lowest BCUT2D eigenvalue weighted by Gasteiger charge is -2.27. The number of halogens is 1. The molecule has 0 bridgehead atoms. The van der Waals surface area contributed by atoms with Crippen molar-refractivity contribution in [2.45, 2.75) is 6.10 Å². The second kappa shape index (κ2) is 8.03. The van der Waals surface area contributed by atoms with Gasteiger partial charge in [-0.15, -0.1) is 0 Å². The molecule has 1 aromatic heterocycles. The smallest absolute Gasteiger partial charge is 0.134 e. The van der Waals surface area contributed by atoms with Crippen LogP contribution in [0.2, 0.25) is 0 Å². The van der Waals surface area contributed by atoms with Gasteiger partial charge in [0.2, 0.25) is 0 Å². The summed E-state index contributed by atoms with van der Waals surface area (Å²) < 4.78 is 23.9. The lowest BCUT2D eigenvalue weighted by molar-refractivity contribution is 0.114. The van der Waals surface area contributed by atoms with Gasteiger partial charge >= 0.3 is 0 Å². The minimum atomic E-state index is -0.257. The SMILES string of the molecule is CO[C@H](CNc1cc(N2CCOCC2)ncn1)c1ccc(F)cc1. The number of anilines is 2. The van der Waals surface area contributed by atoms with Crippen molar-refractivity contribution in [3.63, 3.8) is 0 Å². The van der Waals surface area contributed by atoms with Gasteiger partial charge in [-0.2, -0.15) is 0 Å². The zero-order chi connectivity index (χ0) is 16.8. The molecular weight excluding hydrogens is 311 g/mol. The van der Waals surface area contributed by atoms with E-state index < -0.39 is 0 Å². The highest BCUT2D eigenvalue weighted by molar-refractivity contribution is 5.48. The molecule has 128 valence electrons. The molecule has 2 heterocycles. The third kappa shape index (κ3) is 4.18. The third-order valence-electron chi connectivity index (χ3n) is 3.98. The molecule has 1 N–H and O–H groups in total. The van der Waals surface area contributed by atoms with Gasteiger partial charge in [0.1, 0.15) is 23.8 Å². The number of benzene rings is 1. The van der Waals surface area contributed by atoms with Crippen LogP contribution in [0.1, 0.15) is 11.7 Å². The molecule has 24 heavy (non-hydrogen) atoms. The second-order valence-corrected chi connectivity index (χ2v) is 5.52. The van der Waals surface area contributed by atoms with Crippen molar-refractivity contribution in [1.82, 2.24) is 9.97 Å². The fourth-order valence-electron chi connectivity index (χ4n) is 2.62. The Morgan fingerprint density at radius 1 is 1.25 bits per heavy atom. The maximum absolute atomic E-state index is 13.0. The predicted molar refractivity (Wildman–Crippen MR) is 89.7 cm³/mol. The van der Waals surface area contributed by atoms with Crippen LogP contribution in [0.5, 0.6) is 0 Å². The molecule has 1 atom stereocenters. The second-order valence-electron chi connectivity index (χ2n) is 5.52. The molecule has 1 saturated heterocycles. The van der Waals surface area contributed by atoms with Gasteiger partial charge in [-0.25, -0.2) is 14.4 Å². The molecule has 0 amide bonds. The molecule has 7 heteroatoms. The van der Waals surface area contributed by atoms with E-state index >= 15 is 0 Å². The Morgan fingerprint density at radius 2 is 2.00 bits per heavy atom. The van der Waals surface area contributed by atoms with Gasteiger partial charge < -0.3 is 19.7 Å². The van der Waals surface area contributed by atoms with Crippen LogP contribution in [-0.4, -0.2) is 49.9 Å². The average molecular weight is 332 g/mol. The Morgan fingerprint density at radius 3 is 2.71 bits per heavy atom. The number of rotatable bonds is 6. The third-order valence-corrected chi connectivity index (χ3v) is 3.98. The zero-order valence-corrected chi connectivity index (χ0v) is 13.6. The van der Waals surface area contributed by atoms with E-state index in [9.17, 15) is 4.39 Å².